The van der Waals surface area contributed by atoms with Crippen molar-refractivity contribution < 1.29 is 19.1 Å². The van der Waals surface area contributed by atoms with Crippen LogP contribution in [0.25, 0.3) is 0 Å². The summed E-state index contributed by atoms with van der Waals surface area (Å²) < 4.78 is 6.78. The molecule has 2 N–H and O–H groups in total. The van der Waals surface area contributed by atoms with Crippen LogP contribution < -0.4 is 15.4 Å². The van der Waals surface area contributed by atoms with Gasteiger partial charge in [-0.25, -0.2) is 4.79 Å². The van der Waals surface area contributed by atoms with Crippen LogP contribution in [-0.4, -0.2) is 52.2 Å². The number of aryl methyl sites for hydroxylation is 2. The Kier molecular flexibility index (Phi) is 6.16. The maximum Gasteiger partial charge on any atom is 0.324 e. The lowest BCUT2D eigenvalue weighted by molar-refractivity contribution is -0.127. The molecule has 1 aliphatic rings. The van der Waals surface area contributed by atoms with Gasteiger partial charge in [-0.3, -0.25) is 19.2 Å². The van der Waals surface area contributed by atoms with Crippen molar-refractivity contribution in [3.8, 4) is 5.75 Å². The highest BCUT2D eigenvalue weighted by atomic mass is 16.5. The second-order valence-corrected chi connectivity index (χ2v) is 6.97. The van der Waals surface area contributed by atoms with Crippen molar-refractivity contribution in [3.05, 3.63) is 41.6 Å². The summed E-state index contributed by atoms with van der Waals surface area (Å²) in [7, 11) is 3.39. The summed E-state index contributed by atoms with van der Waals surface area (Å²) in [4.78, 5) is 38.0. The quantitative estimate of drug-likeness (QED) is 0.656. The Bertz CT molecular complexity index is 887. The van der Waals surface area contributed by atoms with Gasteiger partial charge in [0, 0.05) is 31.8 Å². The minimum atomic E-state index is -0.686. The highest BCUT2D eigenvalue weighted by Gasteiger charge is 2.37. The molecule has 9 nitrogen and oxygen atoms in total. The molecule has 9 heteroatoms. The Hall–Kier alpha value is -3.36. The van der Waals surface area contributed by atoms with Gasteiger partial charge < -0.3 is 15.4 Å². The van der Waals surface area contributed by atoms with Gasteiger partial charge in [0.25, 0.3) is 5.91 Å². The summed E-state index contributed by atoms with van der Waals surface area (Å²) in [5.41, 5.74) is 1.92. The number of ether oxygens (including phenoxy) is 1. The maximum atomic E-state index is 12.5. The number of carbonyl (C=O) groups is 3. The van der Waals surface area contributed by atoms with Crippen LogP contribution >= 0.6 is 0 Å². The molecule has 4 amide bonds. The Morgan fingerprint density at radius 3 is 2.62 bits per heavy atom. The molecule has 1 aromatic heterocycles. The normalized spacial score (nSPS) is 16.1. The molecule has 29 heavy (non-hydrogen) atoms. The van der Waals surface area contributed by atoms with E-state index in [1.807, 2.05) is 31.2 Å². The topological polar surface area (TPSA) is 106 Å². The predicted octanol–water partition coefficient (Wildman–Crippen LogP) is 1.62. The van der Waals surface area contributed by atoms with Crippen LogP contribution in [0.15, 0.2) is 30.3 Å². The van der Waals surface area contributed by atoms with Gasteiger partial charge in [0.05, 0.1) is 7.11 Å². The maximum absolute atomic E-state index is 12.5. The van der Waals surface area contributed by atoms with Crippen LogP contribution in [0, 0.1) is 6.92 Å². The predicted molar refractivity (Wildman–Crippen MR) is 107 cm³/mol. The van der Waals surface area contributed by atoms with Gasteiger partial charge in [-0.05, 0) is 37.5 Å². The fourth-order valence-electron chi connectivity index (χ4n) is 3.12. The highest BCUT2D eigenvalue weighted by molar-refractivity contribution is 6.04. The van der Waals surface area contributed by atoms with Gasteiger partial charge in [-0.1, -0.05) is 12.1 Å². The SMILES string of the molecule is COc1ccc(CCN2C(=O)N[C@@H](CCC(=O)Nc3cc(C)n(C)n3)C2=O)cc1. The number of benzene rings is 1. The summed E-state index contributed by atoms with van der Waals surface area (Å²) in [6.45, 7) is 2.17. The van der Waals surface area contributed by atoms with Gasteiger partial charge in [0.1, 0.15) is 11.8 Å². The monoisotopic (exact) mass is 399 g/mol. The number of nitrogens with one attached hydrogen (secondary N) is 2. The Balaban J connectivity index is 1.48. The summed E-state index contributed by atoms with van der Waals surface area (Å²) in [5, 5.41) is 9.53. The van der Waals surface area contributed by atoms with Crippen LogP contribution in [0.3, 0.4) is 0 Å². The average molecular weight is 399 g/mol. The third kappa shape index (κ3) is 4.92. The molecule has 1 aliphatic heterocycles. The van der Waals surface area contributed by atoms with Crippen molar-refractivity contribution >= 4 is 23.7 Å². The Morgan fingerprint density at radius 2 is 2.00 bits per heavy atom. The van der Waals surface area contributed by atoms with Crippen molar-refractivity contribution in [2.45, 2.75) is 32.2 Å². The molecule has 1 atom stereocenters. The second kappa shape index (κ2) is 8.76. The van der Waals surface area contributed by atoms with Crippen molar-refractivity contribution in [2.75, 3.05) is 19.0 Å². The zero-order valence-electron chi connectivity index (χ0n) is 16.8. The smallest absolute Gasteiger partial charge is 0.324 e. The van der Waals surface area contributed by atoms with Crippen molar-refractivity contribution in [3.63, 3.8) is 0 Å². The second-order valence-electron chi connectivity index (χ2n) is 6.97. The van der Waals surface area contributed by atoms with E-state index in [-0.39, 0.29) is 31.2 Å². The molecule has 0 radical (unpaired) electrons. The van der Waals surface area contributed by atoms with E-state index in [0.717, 1.165) is 17.0 Å². The molecule has 0 saturated carbocycles. The fraction of sp³-hybridized carbons (Fsp3) is 0.400. The van der Waals surface area contributed by atoms with Crippen LogP contribution in [0.4, 0.5) is 10.6 Å². The lowest BCUT2D eigenvalue weighted by Crippen LogP contribution is -2.33. The number of aromatic nitrogens is 2. The van der Waals surface area contributed by atoms with Gasteiger partial charge in [-0.15, -0.1) is 0 Å². The van der Waals surface area contributed by atoms with E-state index in [9.17, 15) is 14.4 Å². The lowest BCUT2D eigenvalue weighted by Gasteiger charge is -2.13. The number of anilines is 1. The molecule has 3 rings (SSSR count). The summed E-state index contributed by atoms with van der Waals surface area (Å²) >= 11 is 0. The van der Waals surface area contributed by atoms with Gasteiger partial charge in [0.15, 0.2) is 5.82 Å². The van der Waals surface area contributed by atoms with Crippen molar-refractivity contribution in [1.82, 2.24) is 20.0 Å². The summed E-state index contributed by atoms with van der Waals surface area (Å²) in [6.07, 6.45) is 0.898. The van der Waals surface area contributed by atoms with Crippen LogP contribution in [0.1, 0.15) is 24.1 Å². The molecule has 1 fully saturated rings. The van der Waals surface area contributed by atoms with E-state index in [2.05, 4.69) is 15.7 Å². The van der Waals surface area contributed by atoms with Gasteiger partial charge in [0.2, 0.25) is 5.91 Å². The number of imide groups is 1. The average Bonchev–Trinajstić information content (AvgIpc) is 3.16. The van der Waals surface area contributed by atoms with Crippen LogP contribution in [-0.2, 0) is 23.1 Å². The first kappa shape index (κ1) is 20.4. The molecule has 0 unspecified atom stereocenters. The number of rotatable bonds is 8. The van der Waals surface area contributed by atoms with E-state index in [4.69, 9.17) is 4.74 Å². The van der Waals surface area contributed by atoms with Gasteiger partial charge >= 0.3 is 6.03 Å². The zero-order chi connectivity index (χ0) is 21.0. The molecule has 154 valence electrons. The number of urea groups is 1. The highest BCUT2D eigenvalue weighted by Crippen LogP contribution is 2.16. The number of hydrogen-bond donors (Lipinski definition) is 2. The molecule has 0 aliphatic carbocycles. The summed E-state index contributed by atoms with van der Waals surface area (Å²) in [6, 6.07) is 8.14. The number of nitrogens with zero attached hydrogens (tertiary/aromatic N) is 3. The largest absolute Gasteiger partial charge is 0.497 e. The standard InChI is InChI=1S/C20H25N5O4/c1-13-12-17(23-24(13)2)22-18(26)9-8-16-19(27)25(20(28)21-16)11-10-14-4-6-15(29-3)7-5-14/h4-7,12,16H,8-11H2,1-3H3,(H,21,28)(H,22,23,26)/t16-/m0/s1. The Morgan fingerprint density at radius 1 is 1.28 bits per heavy atom. The lowest BCUT2D eigenvalue weighted by atomic mass is 10.1. The number of methoxy groups -OCH3 is 1. The fourth-order valence-corrected chi connectivity index (χ4v) is 3.12. The molecule has 0 spiro atoms. The van der Waals surface area contributed by atoms with Crippen LogP contribution in [0.5, 0.6) is 5.75 Å². The number of carbonyl (C=O) groups excluding carboxylic acids is 3. The minimum Gasteiger partial charge on any atom is -0.497 e. The zero-order valence-corrected chi connectivity index (χ0v) is 16.8. The molecule has 0 bridgehead atoms. The third-order valence-corrected chi connectivity index (χ3v) is 4.93. The third-order valence-electron chi connectivity index (χ3n) is 4.93. The molecule has 2 heterocycles. The summed E-state index contributed by atoms with van der Waals surface area (Å²) in [5.74, 6) is 0.674. The molecule has 1 aromatic carbocycles. The van der Waals surface area contributed by atoms with E-state index in [0.29, 0.717) is 12.2 Å². The van der Waals surface area contributed by atoms with E-state index in [1.54, 1.807) is 24.9 Å². The molecular formula is C20H25N5O4. The first-order valence-electron chi connectivity index (χ1n) is 9.42. The molecular weight excluding hydrogens is 374 g/mol. The van der Waals surface area contributed by atoms with Gasteiger partial charge in [-0.2, -0.15) is 5.10 Å². The number of amides is 4. The number of hydrogen-bond acceptors (Lipinski definition) is 5. The van der Waals surface area contributed by atoms with Crippen molar-refractivity contribution in [2.24, 2.45) is 7.05 Å². The van der Waals surface area contributed by atoms with E-state index < -0.39 is 12.1 Å². The first-order chi connectivity index (χ1) is 13.9. The first-order valence-corrected chi connectivity index (χ1v) is 9.42. The van der Waals surface area contributed by atoms with E-state index >= 15 is 0 Å². The minimum absolute atomic E-state index is 0.110. The van der Waals surface area contributed by atoms with Crippen molar-refractivity contribution in [1.29, 1.82) is 0 Å². The molecule has 1 saturated heterocycles. The Labute approximate surface area is 169 Å². The van der Waals surface area contributed by atoms with E-state index in [1.165, 1.54) is 4.90 Å². The molecule has 2 aromatic rings. The van der Waals surface area contributed by atoms with Crippen LogP contribution in [0.2, 0.25) is 0 Å².